The van der Waals surface area contributed by atoms with Crippen molar-refractivity contribution in [1.82, 2.24) is 0 Å². The van der Waals surface area contributed by atoms with E-state index in [2.05, 4.69) is 20.8 Å². The lowest BCUT2D eigenvalue weighted by molar-refractivity contribution is 0.0973. The number of hydrogen-bond acceptors (Lipinski definition) is 2. The Labute approximate surface area is 161 Å². The maximum atomic E-state index is 12.0. The van der Waals surface area contributed by atoms with Crippen molar-refractivity contribution in [2.45, 2.75) is 104 Å². The van der Waals surface area contributed by atoms with Crippen LogP contribution in [-0.4, -0.2) is 12.1 Å². The molecule has 0 aliphatic carbocycles. The zero-order valence-electron chi connectivity index (χ0n) is 17.4. The second-order valence-corrected chi connectivity index (χ2v) is 7.06. The van der Waals surface area contributed by atoms with Crippen molar-refractivity contribution >= 4 is 12.1 Å². The zero-order valence-corrected chi connectivity index (χ0v) is 17.4. The highest BCUT2D eigenvalue weighted by molar-refractivity contribution is 6.02. The highest BCUT2D eigenvalue weighted by Gasteiger charge is 2.09. The molecular weight excluding hydrogens is 320 g/mol. The standard InChI is InChI=1S/C16H22O2.C8H18/c1-2-3-4-5-6-7-12-16(18)15-11-9-8-10-14(15)13-17;1-3-5-7-8-6-4-2/h8-11,13H,2-7,12H2,1H3;3-8H2,1-2H3. The molecule has 0 heterocycles. The van der Waals surface area contributed by atoms with E-state index < -0.39 is 0 Å². The summed E-state index contributed by atoms with van der Waals surface area (Å²) >= 11 is 0. The molecule has 0 saturated heterocycles. The fourth-order valence-corrected chi connectivity index (χ4v) is 2.91. The quantitative estimate of drug-likeness (QED) is 0.193. The predicted octanol–water partition coefficient (Wildman–Crippen LogP) is 7.80. The van der Waals surface area contributed by atoms with Gasteiger partial charge in [0.2, 0.25) is 0 Å². The van der Waals surface area contributed by atoms with Gasteiger partial charge < -0.3 is 0 Å². The average molecular weight is 361 g/mol. The third-order valence-electron chi connectivity index (χ3n) is 4.60. The Morgan fingerprint density at radius 1 is 0.731 bits per heavy atom. The number of ketones is 1. The molecular formula is C24H40O2. The first kappa shape index (κ1) is 24.6. The Morgan fingerprint density at radius 3 is 1.69 bits per heavy atom. The molecule has 0 unspecified atom stereocenters. The second kappa shape index (κ2) is 18.4. The fraction of sp³-hybridized carbons (Fsp3) is 0.667. The number of unbranched alkanes of at least 4 members (excludes halogenated alkanes) is 10. The van der Waals surface area contributed by atoms with Crippen molar-refractivity contribution in [1.29, 1.82) is 0 Å². The first-order valence-electron chi connectivity index (χ1n) is 10.8. The molecule has 0 aliphatic heterocycles. The smallest absolute Gasteiger partial charge is 0.163 e. The summed E-state index contributed by atoms with van der Waals surface area (Å²) in [6.07, 6.45) is 16.8. The summed E-state index contributed by atoms with van der Waals surface area (Å²) < 4.78 is 0. The second-order valence-electron chi connectivity index (χ2n) is 7.06. The van der Waals surface area contributed by atoms with Crippen LogP contribution in [0.15, 0.2) is 24.3 Å². The van der Waals surface area contributed by atoms with E-state index in [0.717, 1.165) is 19.1 Å². The van der Waals surface area contributed by atoms with Gasteiger partial charge in [-0.05, 0) is 6.42 Å². The van der Waals surface area contributed by atoms with Crippen molar-refractivity contribution in [3.05, 3.63) is 35.4 Å². The van der Waals surface area contributed by atoms with Gasteiger partial charge in [0.1, 0.15) is 0 Å². The normalized spacial score (nSPS) is 10.1. The highest BCUT2D eigenvalue weighted by atomic mass is 16.1. The van der Waals surface area contributed by atoms with Gasteiger partial charge in [-0.15, -0.1) is 0 Å². The van der Waals surface area contributed by atoms with Gasteiger partial charge >= 0.3 is 0 Å². The topological polar surface area (TPSA) is 34.1 Å². The van der Waals surface area contributed by atoms with Crippen molar-refractivity contribution < 1.29 is 9.59 Å². The van der Waals surface area contributed by atoms with Crippen LogP contribution < -0.4 is 0 Å². The molecule has 1 aromatic carbocycles. The van der Waals surface area contributed by atoms with Gasteiger partial charge in [0, 0.05) is 17.5 Å². The van der Waals surface area contributed by atoms with Gasteiger partial charge in [-0.25, -0.2) is 0 Å². The molecule has 0 amide bonds. The van der Waals surface area contributed by atoms with Gasteiger partial charge in [-0.3, -0.25) is 9.59 Å². The first-order chi connectivity index (χ1) is 12.7. The van der Waals surface area contributed by atoms with Gasteiger partial charge in [-0.2, -0.15) is 0 Å². The summed E-state index contributed by atoms with van der Waals surface area (Å²) in [6, 6.07) is 7.03. The number of benzene rings is 1. The van der Waals surface area contributed by atoms with Crippen LogP contribution in [0.2, 0.25) is 0 Å². The Morgan fingerprint density at radius 2 is 1.19 bits per heavy atom. The monoisotopic (exact) mass is 360 g/mol. The molecule has 0 fully saturated rings. The third kappa shape index (κ3) is 12.9. The lowest BCUT2D eigenvalue weighted by Gasteiger charge is -2.04. The summed E-state index contributed by atoms with van der Waals surface area (Å²) in [4.78, 5) is 22.8. The van der Waals surface area contributed by atoms with E-state index in [9.17, 15) is 9.59 Å². The molecule has 0 aromatic heterocycles. The maximum Gasteiger partial charge on any atom is 0.163 e. The Hall–Kier alpha value is -1.44. The third-order valence-corrected chi connectivity index (χ3v) is 4.60. The molecule has 1 rings (SSSR count). The summed E-state index contributed by atoms with van der Waals surface area (Å²) in [7, 11) is 0. The van der Waals surface area contributed by atoms with Gasteiger partial charge in [0.25, 0.3) is 0 Å². The Balaban J connectivity index is 0.000000660. The minimum atomic E-state index is 0.0909. The first-order valence-corrected chi connectivity index (χ1v) is 10.8. The van der Waals surface area contributed by atoms with Crippen LogP contribution in [0.5, 0.6) is 0 Å². The molecule has 0 bridgehead atoms. The molecule has 2 nitrogen and oxygen atoms in total. The van der Waals surface area contributed by atoms with E-state index >= 15 is 0 Å². The molecule has 0 radical (unpaired) electrons. The van der Waals surface area contributed by atoms with E-state index in [1.807, 2.05) is 6.07 Å². The molecule has 0 N–H and O–H groups in total. The van der Waals surface area contributed by atoms with Crippen LogP contribution in [0.25, 0.3) is 0 Å². The molecule has 0 atom stereocenters. The van der Waals surface area contributed by atoms with E-state index in [1.54, 1.807) is 18.2 Å². The summed E-state index contributed by atoms with van der Waals surface area (Å²) in [5.41, 5.74) is 1.08. The van der Waals surface area contributed by atoms with Crippen LogP contribution in [-0.2, 0) is 0 Å². The summed E-state index contributed by atoms with van der Waals surface area (Å²) in [5.74, 6) is 0.0909. The summed E-state index contributed by atoms with van der Waals surface area (Å²) in [6.45, 7) is 6.71. The van der Waals surface area contributed by atoms with E-state index in [1.165, 1.54) is 64.2 Å². The number of Topliss-reactive ketones (excluding diaryl/α,β-unsaturated/α-hetero) is 1. The number of carbonyl (C=O) groups excluding carboxylic acids is 2. The number of rotatable bonds is 14. The van der Waals surface area contributed by atoms with Gasteiger partial charge in [0.15, 0.2) is 12.1 Å². The number of aldehydes is 1. The van der Waals surface area contributed by atoms with Crippen LogP contribution in [0.4, 0.5) is 0 Å². The highest BCUT2D eigenvalue weighted by Crippen LogP contribution is 2.13. The van der Waals surface area contributed by atoms with Crippen molar-refractivity contribution in [2.24, 2.45) is 0 Å². The van der Waals surface area contributed by atoms with Crippen molar-refractivity contribution in [3.8, 4) is 0 Å². The van der Waals surface area contributed by atoms with E-state index in [0.29, 0.717) is 17.5 Å². The van der Waals surface area contributed by atoms with Gasteiger partial charge in [0.05, 0.1) is 0 Å². The van der Waals surface area contributed by atoms with Crippen LogP contribution >= 0.6 is 0 Å². The molecule has 1 aromatic rings. The fourth-order valence-electron chi connectivity index (χ4n) is 2.91. The SMILES string of the molecule is CCCCCCCC.CCCCCCCCC(=O)c1ccccc1C=O. The van der Waals surface area contributed by atoms with E-state index in [4.69, 9.17) is 0 Å². The van der Waals surface area contributed by atoms with E-state index in [-0.39, 0.29) is 5.78 Å². The molecule has 0 aliphatic rings. The average Bonchev–Trinajstić information content (AvgIpc) is 2.68. The van der Waals surface area contributed by atoms with Crippen LogP contribution in [0, 0.1) is 0 Å². The van der Waals surface area contributed by atoms with Gasteiger partial charge in [-0.1, -0.05) is 116 Å². The van der Waals surface area contributed by atoms with Crippen molar-refractivity contribution in [2.75, 3.05) is 0 Å². The lowest BCUT2D eigenvalue weighted by Crippen LogP contribution is -2.03. The molecule has 26 heavy (non-hydrogen) atoms. The largest absolute Gasteiger partial charge is 0.298 e. The lowest BCUT2D eigenvalue weighted by atomic mass is 10.00. The molecule has 0 spiro atoms. The van der Waals surface area contributed by atoms with Crippen LogP contribution in [0.3, 0.4) is 0 Å². The Bertz CT molecular complexity index is 459. The molecule has 2 heteroatoms. The van der Waals surface area contributed by atoms with Crippen LogP contribution in [0.1, 0.15) is 125 Å². The number of carbonyl (C=O) groups is 2. The summed E-state index contributed by atoms with van der Waals surface area (Å²) in [5, 5.41) is 0. The predicted molar refractivity (Wildman–Crippen MR) is 113 cm³/mol. The minimum Gasteiger partial charge on any atom is -0.298 e. The molecule has 0 saturated carbocycles. The zero-order chi connectivity index (χ0) is 19.5. The Kier molecular flexibility index (Phi) is 17.3. The number of hydrogen-bond donors (Lipinski definition) is 0. The van der Waals surface area contributed by atoms with Crippen molar-refractivity contribution in [3.63, 3.8) is 0 Å². The molecule has 148 valence electrons. The minimum absolute atomic E-state index is 0.0909. The maximum absolute atomic E-state index is 12.0.